The van der Waals surface area contributed by atoms with Crippen molar-refractivity contribution in [3.05, 3.63) is 11.9 Å². The summed E-state index contributed by atoms with van der Waals surface area (Å²) < 4.78 is 1.86. The molecule has 0 radical (unpaired) electrons. The quantitative estimate of drug-likeness (QED) is 0.865. The van der Waals surface area contributed by atoms with Crippen molar-refractivity contribution in [2.75, 3.05) is 26.4 Å². The molecule has 0 aromatic carbocycles. The SMILES string of the molecule is CN(C)CCn1nc(N)c2ncc(C3CC3)nc21. The zero-order valence-electron chi connectivity index (χ0n) is 10.8. The molecule has 0 aliphatic heterocycles. The van der Waals surface area contributed by atoms with Crippen molar-refractivity contribution < 1.29 is 0 Å². The van der Waals surface area contributed by atoms with Crippen LogP contribution in [-0.4, -0.2) is 45.3 Å². The first kappa shape index (κ1) is 11.4. The van der Waals surface area contributed by atoms with Crippen LogP contribution in [-0.2, 0) is 6.54 Å². The lowest BCUT2D eigenvalue weighted by atomic mass is 10.3. The molecule has 2 aromatic heterocycles. The van der Waals surface area contributed by atoms with Crippen molar-refractivity contribution >= 4 is 17.0 Å². The van der Waals surface area contributed by atoms with E-state index in [1.54, 1.807) is 0 Å². The summed E-state index contributed by atoms with van der Waals surface area (Å²) in [6, 6.07) is 0. The number of hydrogen-bond donors (Lipinski definition) is 1. The lowest BCUT2D eigenvalue weighted by molar-refractivity contribution is 0.376. The molecule has 96 valence electrons. The van der Waals surface area contributed by atoms with Gasteiger partial charge in [0, 0.05) is 18.7 Å². The first-order chi connectivity index (χ1) is 8.65. The summed E-state index contributed by atoms with van der Waals surface area (Å²) >= 11 is 0. The molecule has 2 aromatic rings. The fraction of sp³-hybridized carbons (Fsp3) is 0.583. The van der Waals surface area contributed by atoms with Crippen molar-refractivity contribution in [2.24, 2.45) is 0 Å². The number of nitrogen functional groups attached to an aromatic ring is 1. The Balaban J connectivity index is 1.98. The molecule has 0 spiro atoms. The summed E-state index contributed by atoms with van der Waals surface area (Å²) in [5, 5.41) is 4.33. The molecule has 1 aliphatic rings. The molecule has 18 heavy (non-hydrogen) atoms. The van der Waals surface area contributed by atoms with Gasteiger partial charge < -0.3 is 10.6 Å². The molecular formula is C12H18N6. The van der Waals surface area contributed by atoms with E-state index in [4.69, 9.17) is 5.73 Å². The van der Waals surface area contributed by atoms with Gasteiger partial charge >= 0.3 is 0 Å². The summed E-state index contributed by atoms with van der Waals surface area (Å²) in [5.74, 6) is 1.07. The van der Waals surface area contributed by atoms with Crippen LogP contribution in [0.5, 0.6) is 0 Å². The zero-order valence-corrected chi connectivity index (χ0v) is 10.8. The summed E-state index contributed by atoms with van der Waals surface area (Å²) in [5.41, 5.74) is 8.49. The molecule has 0 bridgehead atoms. The third-order valence-corrected chi connectivity index (χ3v) is 3.24. The van der Waals surface area contributed by atoms with Gasteiger partial charge in [0.05, 0.1) is 12.2 Å². The van der Waals surface area contributed by atoms with Crippen LogP contribution >= 0.6 is 0 Å². The molecule has 2 N–H and O–H groups in total. The van der Waals surface area contributed by atoms with Gasteiger partial charge in [-0.15, -0.1) is 0 Å². The Kier molecular flexibility index (Phi) is 2.66. The normalized spacial score (nSPS) is 15.7. The molecular weight excluding hydrogens is 228 g/mol. The molecule has 6 nitrogen and oxygen atoms in total. The number of fused-ring (bicyclic) bond motifs is 1. The van der Waals surface area contributed by atoms with E-state index in [1.165, 1.54) is 12.8 Å². The molecule has 0 amide bonds. The average molecular weight is 246 g/mol. The minimum absolute atomic E-state index is 0.471. The van der Waals surface area contributed by atoms with Gasteiger partial charge in [0.1, 0.15) is 0 Å². The van der Waals surface area contributed by atoms with E-state index in [-0.39, 0.29) is 0 Å². The number of aromatic nitrogens is 4. The lowest BCUT2D eigenvalue weighted by Gasteiger charge is -2.09. The van der Waals surface area contributed by atoms with Gasteiger partial charge in [-0.3, -0.25) is 0 Å². The maximum absolute atomic E-state index is 5.88. The van der Waals surface area contributed by atoms with Gasteiger partial charge in [0.15, 0.2) is 17.0 Å². The molecule has 1 saturated carbocycles. The Morgan fingerprint density at radius 3 is 2.89 bits per heavy atom. The van der Waals surface area contributed by atoms with Crippen LogP contribution in [0.1, 0.15) is 24.5 Å². The summed E-state index contributed by atoms with van der Waals surface area (Å²) in [7, 11) is 4.08. The monoisotopic (exact) mass is 246 g/mol. The van der Waals surface area contributed by atoms with E-state index in [0.717, 1.165) is 29.9 Å². The first-order valence-corrected chi connectivity index (χ1v) is 6.29. The standard InChI is InChI=1S/C12H18N6/c1-17(2)5-6-18-12-10(11(13)16-18)14-7-9(15-12)8-3-4-8/h7-8H,3-6H2,1-2H3,(H2,13,16). The van der Waals surface area contributed by atoms with Gasteiger partial charge in [-0.1, -0.05) is 0 Å². The molecule has 2 heterocycles. The highest BCUT2D eigenvalue weighted by Crippen LogP contribution is 2.39. The van der Waals surface area contributed by atoms with Gasteiger partial charge in [-0.25, -0.2) is 14.6 Å². The molecule has 1 aliphatic carbocycles. The van der Waals surface area contributed by atoms with Crippen LogP contribution in [0.15, 0.2) is 6.20 Å². The molecule has 0 atom stereocenters. The number of hydrogen-bond acceptors (Lipinski definition) is 5. The summed E-state index contributed by atoms with van der Waals surface area (Å²) in [6.45, 7) is 1.69. The lowest BCUT2D eigenvalue weighted by Crippen LogP contribution is -2.19. The predicted molar refractivity (Wildman–Crippen MR) is 70.3 cm³/mol. The average Bonchev–Trinajstić information content (AvgIpc) is 3.13. The van der Waals surface area contributed by atoms with E-state index < -0.39 is 0 Å². The fourth-order valence-electron chi connectivity index (χ4n) is 2.00. The van der Waals surface area contributed by atoms with Crippen molar-refractivity contribution in [3.8, 4) is 0 Å². The van der Waals surface area contributed by atoms with Gasteiger partial charge in [-0.2, -0.15) is 5.10 Å². The maximum Gasteiger partial charge on any atom is 0.179 e. The van der Waals surface area contributed by atoms with Crippen LogP contribution in [0.3, 0.4) is 0 Å². The van der Waals surface area contributed by atoms with E-state index in [9.17, 15) is 0 Å². The molecule has 0 saturated heterocycles. The maximum atomic E-state index is 5.88. The Labute approximate surface area is 106 Å². The van der Waals surface area contributed by atoms with Crippen LogP contribution < -0.4 is 5.73 Å². The Morgan fingerprint density at radius 2 is 2.22 bits per heavy atom. The largest absolute Gasteiger partial charge is 0.380 e. The Bertz CT molecular complexity index is 569. The molecule has 1 fully saturated rings. The number of anilines is 1. The van der Waals surface area contributed by atoms with Crippen molar-refractivity contribution in [2.45, 2.75) is 25.3 Å². The van der Waals surface area contributed by atoms with E-state index in [2.05, 4.69) is 20.0 Å². The number of likely N-dealkylation sites (N-methyl/N-ethyl adjacent to an activating group) is 1. The summed E-state index contributed by atoms with van der Waals surface area (Å²) in [4.78, 5) is 11.2. The van der Waals surface area contributed by atoms with Gasteiger partial charge in [-0.05, 0) is 26.9 Å². The third-order valence-electron chi connectivity index (χ3n) is 3.24. The van der Waals surface area contributed by atoms with Crippen LogP contribution in [0, 0.1) is 0 Å². The molecule has 3 rings (SSSR count). The minimum atomic E-state index is 0.471. The van der Waals surface area contributed by atoms with E-state index in [0.29, 0.717) is 11.7 Å². The number of rotatable bonds is 4. The Morgan fingerprint density at radius 1 is 1.44 bits per heavy atom. The highest BCUT2D eigenvalue weighted by molar-refractivity contribution is 5.81. The topological polar surface area (TPSA) is 72.9 Å². The smallest absolute Gasteiger partial charge is 0.179 e. The predicted octanol–water partition coefficient (Wildman–Crippen LogP) is 0.848. The first-order valence-electron chi connectivity index (χ1n) is 6.29. The molecule has 6 heteroatoms. The van der Waals surface area contributed by atoms with Gasteiger partial charge in [0.2, 0.25) is 0 Å². The second-order valence-corrected chi connectivity index (χ2v) is 5.15. The number of nitrogens with two attached hydrogens (primary N) is 1. The fourth-order valence-corrected chi connectivity index (χ4v) is 2.00. The second-order valence-electron chi connectivity index (χ2n) is 5.15. The van der Waals surface area contributed by atoms with Gasteiger partial charge in [0.25, 0.3) is 0 Å². The van der Waals surface area contributed by atoms with Crippen molar-refractivity contribution in [1.29, 1.82) is 0 Å². The zero-order chi connectivity index (χ0) is 12.7. The Hall–Kier alpha value is -1.69. The van der Waals surface area contributed by atoms with Crippen LogP contribution in [0.25, 0.3) is 11.2 Å². The third kappa shape index (κ3) is 2.03. The molecule has 0 unspecified atom stereocenters. The number of nitrogens with zero attached hydrogens (tertiary/aromatic N) is 5. The van der Waals surface area contributed by atoms with E-state index in [1.807, 2.05) is 25.0 Å². The minimum Gasteiger partial charge on any atom is -0.380 e. The van der Waals surface area contributed by atoms with Crippen LogP contribution in [0.2, 0.25) is 0 Å². The van der Waals surface area contributed by atoms with Crippen molar-refractivity contribution in [1.82, 2.24) is 24.6 Å². The van der Waals surface area contributed by atoms with Crippen LogP contribution in [0.4, 0.5) is 5.82 Å². The van der Waals surface area contributed by atoms with E-state index >= 15 is 0 Å². The summed E-state index contributed by atoms with van der Waals surface area (Å²) in [6.07, 6.45) is 4.29. The van der Waals surface area contributed by atoms with Crippen molar-refractivity contribution in [3.63, 3.8) is 0 Å². The highest BCUT2D eigenvalue weighted by atomic mass is 15.3. The highest BCUT2D eigenvalue weighted by Gasteiger charge is 2.26. The second kappa shape index (κ2) is 4.20.